The van der Waals surface area contributed by atoms with Gasteiger partial charge in [-0.1, -0.05) is 51.8 Å². The molecule has 1 N–H and O–H groups in total. The molecule has 28 heavy (non-hydrogen) atoms. The summed E-state index contributed by atoms with van der Waals surface area (Å²) in [5, 5.41) is 12.1. The van der Waals surface area contributed by atoms with Crippen LogP contribution in [-0.4, -0.2) is 33.0 Å². The molecule has 5 nitrogen and oxygen atoms in total. The highest BCUT2D eigenvalue weighted by Crippen LogP contribution is 2.29. The Morgan fingerprint density at radius 3 is 2.50 bits per heavy atom. The van der Waals surface area contributed by atoms with Crippen molar-refractivity contribution >= 4 is 33.6 Å². The Hall–Kier alpha value is -2.56. The van der Waals surface area contributed by atoms with E-state index >= 15 is 0 Å². The van der Waals surface area contributed by atoms with Gasteiger partial charge in [-0.15, -0.1) is 16.6 Å². The second kappa shape index (κ2) is 9.09. The smallest absolute Gasteiger partial charge is 0.231 e. The monoisotopic (exact) mass is 454 g/mol. The van der Waals surface area contributed by atoms with E-state index in [0.717, 1.165) is 32.7 Å². The highest BCUT2D eigenvalue weighted by Gasteiger charge is 2.17. The van der Waals surface area contributed by atoms with E-state index in [2.05, 4.69) is 69.4 Å². The van der Waals surface area contributed by atoms with Crippen molar-refractivity contribution in [1.29, 1.82) is 0 Å². The van der Waals surface area contributed by atoms with Crippen LogP contribution in [-0.2, 0) is 4.79 Å². The lowest BCUT2D eigenvalue weighted by Crippen LogP contribution is -2.25. The first-order valence-corrected chi connectivity index (χ1v) is 10.4. The molecule has 0 aliphatic heterocycles. The molecule has 2 aromatic carbocycles. The highest BCUT2D eigenvalue weighted by atomic mass is 79.9. The van der Waals surface area contributed by atoms with Crippen molar-refractivity contribution in [2.75, 3.05) is 12.3 Å². The number of aryl methyl sites for hydroxylation is 2. The van der Waals surface area contributed by atoms with Gasteiger partial charge in [0.2, 0.25) is 5.91 Å². The zero-order valence-corrected chi connectivity index (χ0v) is 18.0. The number of amides is 1. The van der Waals surface area contributed by atoms with Gasteiger partial charge in [-0.05, 0) is 49.2 Å². The SMILES string of the molecule is C#CCNC(=O)CSc1nnc(-c2ccc(Br)cc2)n1-c1cc(C)cc(C)c1. The molecule has 7 heteroatoms. The predicted octanol–water partition coefficient (Wildman–Crippen LogP) is 4.16. The molecule has 0 saturated carbocycles. The van der Waals surface area contributed by atoms with Crippen LogP contribution in [0.2, 0.25) is 0 Å². The molecule has 0 bridgehead atoms. The number of halogens is 1. The van der Waals surface area contributed by atoms with E-state index in [1.807, 2.05) is 28.8 Å². The fourth-order valence-electron chi connectivity index (χ4n) is 2.79. The Morgan fingerprint density at radius 1 is 1.18 bits per heavy atom. The summed E-state index contributed by atoms with van der Waals surface area (Å²) in [6, 6.07) is 14.2. The predicted molar refractivity (Wildman–Crippen MR) is 117 cm³/mol. The molecule has 1 amide bonds. The molecule has 0 aliphatic rings. The Kier molecular flexibility index (Phi) is 6.55. The Labute approximate surface area is 177 Å². The second-order valence-corrected chi connectivity index (χ2v) is 8.12. The lowest BCUT2D eigenvalue weighted by Gasteiger charge is -2.12. The van der Waals surface area contributed by atoms with Crippen molar-refractivity contribution in [1.82, 2.24) is 20.1 Å². The van der Waals surface area contributed by atoms with Gasteiger partial charge in [-0.2, -0.15) is 0 Å². The normalized spacial score (nSPS) is 10.5. The maximum atomic E-state index is 12.0. The van der Waals surface area contributed by atoms with Crippen molar-refractivity contribution in [3.8, 4) is 29.4 Å². The van der Waals surface area contributed by atoms with Crippen LogP contribution in [0.4, 0.5) is 0 Å². The van der Waals surface area contributed by atoms with Crippen LogP contribution < -0.4 is 5.32 Å². The number of hydrogen-bond acceptors (Lipinski definition) is 4. The molecule has 142 valence electrons. The molecule has 0 atom stereocenters. The summed E-state index contributed by atoms with van der Waals surface area (Å²) in [6.07, 6.45) is 5.19. The minimum absolute atomic E-state index is 0.136. The van der Waals surface area contributed by atoms with E-state index in [-0.39, 0.29) is 18.2 Å². The lowest BCUT2D eigenvalue weighted by molar-refractivity contribution is -0.118. The van der Waals surface area contributed by atoms with Gasteiger partial charge in [0, 0.05) is 10.0 Å². The number of thioether (sulfide) groups is 1. The summed E-state index contributed by atoms with van der Waals surface area (Å²) in [7, 11) is 0. The summed E-state index contributed by atoms with van der Waals surface area (Å²) < 4.78 is 2.98. The highest BCUT2D eigenvalue weighted by molar-refractivity contribution is 9.10. The van der Waals surface area contributed by atoms with Crippen molar-refractivity contribution in [3.05, 3.63) is 58.1 Å². The maximum absolute atomic E-state index is 12.0. The van der Waals surface area contributed by atoms with Gasteiger partial charge in [0.15, 0.2) is 11.0 Å². The molecular formula is C21H19BrN4OS. The van der Waals surface area contributed by atoms with Gasteiger partial charge >= 0.3 is 0 Å². The number of rotatable bonds is 6. The molecule has 0 spiro atoms. The fourth-order valence-corrected chi connectivity index (χ4v) is 3.84. The largest absolute Gasteiger partial charge is 0.344 e. The average Bonchev–Trinajstić information content (AvgIpc) is 3.08. The van der Waals surface area contributed by atoms with Crippen LogP contribution in [0.1, 0.15) is 11.1 Å². The van der Waals surface area contributed by atoms with E-state index in [1.165, 1.54) is 11.8 Å². The summed E-state index contributed by atoms with van der Waals surface area (Å²) >= 11 is 4.79. The Bertz CT molecular complexity index is 1020. The first-order valence-electron chi connectivity index (χ1n) is 8.61. The number of nitrogens with one attached hydrogen (secondary N) is 1. The summed E-state index contributed by atoms with van der Waals surface area (Å²) in [5.74, 6) is 3.20. The molecule has 3 aromatic rings. The lowest BCUT2D eigenvalue weighted by atomic mass is 10.1. The topological polar surface area (TPSA) is 59.8 Å². The first-order chi connectivity index (χ1) is 13.5. The molecule has 0 unspecified atom stereocenters. The number of terminal acetylenes is 1. The molecule has 0 saturated heterocycles. The Balaban J connectivity index is 2.01. The van der Waals surface area contributed by atoms with Crippen molar-refractivity contribution < 1.29 is 4.79 Å². The minimum Gasteiger partial charge on any atom is -0.344 e. The number of carbonyl (C=O) groups is 1. The van der Waals surface area contributed by atoms with Crippen LogP contribution in [0.3, 0.4) is 0 Å². The molecule has 0 aliphatic carbocycles. The van der Waals surface area contributed by atoms with Crippen molar-refractivity contribution in [2.45, 2.75) is 19.0 Å². The number of carbonyl (C=O) groups excluding carboxylic acids is 1. The quantitative estimate of drug-likeness (QED) is 0.448. The average molecular weight is 455 g/mol. The van der Waals surface area contributed by atoms with Gasteiger partial charge in [-0.25, -0.2) is 0 Å². The summed E-state index contributed by atoms with van der Waals surface area (Å²) in [4.78, 5) is 12.0. The zero-order valence-electron chi connectivity index (χ0n) is 15.6. The van der Waals surface area contributed by atoms with Crippen LogP contribution in [0, 0.1) is 26.2 Å². The first kappa shape index (κ1) is 20.2. The molecule has 0 radical (unpaired) electrons. The maximum Gasteiger partial charge on any atom is 0.231 e. The van der Waals surface area contributed by atoms with Crippen molar-refractivity contribution in [3.63, 3.8) is 0 Å². The Morgan fingerprint density at radius 2 is 1.86 bits per heavy atom. The van der Waals surface area contributed by atoms with Crippen LogP contribution >= 0.6 is 27.7 Å². The minimum atomic E-state index is -0.136. The number of nitrogens with zero attached hydrogens (tertiary/aromatic N) is 3. The molecular weight excluding hydrogens is 436 g/mol. The van der Waals surface area contributed by atoms with Gasteiger partial charge < -0.3 is 5.32 Å². The van der Waals surface area contributed by atoms with Gasteiger partial charge in [0.1, 0.15) is 0 Å². The van der Waals surface area contributed by atoms with Crippen LogP contribution in [0.5, 0.6) is 0 Å². The number of hydrogen-bond donors (Lipinski definition) is 1. The number of benzene rings is 2. The molecule has 1 aromatic heterocycles. The summed E-state index contributed by atoms with van der Waals surface area (Å²) in [6.45, 7) is 4.33. The third-order valence-electron chi connectivity index (χ3n) is 3.92. The van der Waals surface area contributed by atoms with Gasteiger partial charge in [0.25, 0.3) is 0 Å². The van der Waals surface area contributed by atoms with E-state index in [4.69, 9.17) is 6.42 Å². The van der Waals surface area contributed by atoms with Gasteiger partial charge in [0.05, 0.1) is 18.0 Å². The van der Waals surface area contributed by atoms with Gasteiger partial charge in [-0.3, -0.25) is 9.36 Å². The molecule has 1 heterocycles. The van der Waals surface area contributed by atoms with Crippen molar-refractivity contribution in [2.24, 2.45) is 0 Å². The van der Waals surface area contributed by atoms with Crippen LogP contribution in [0.25, 0.3) is 17.1 Å². The second-order valence-electron chi connectivity index (χ2n) is 6.26. The molecule has 3 rings (SSSR count). The third-order valence-corrected chi connectivity index (χ3v) is 5.38. The third kappa shape index (κ3) is 4.83. The zero-order chi connectivity index (χ0) is 20.1. The van der Waals surface area contributed by atoms with E-state index in [1.54, 1.807) is 0 Å². The summed E-state index contributed by atoms with van der Waals surface area (Å²) in [5.41, 5.74) is 4.20. The van der Waals surface area contributed by atoms with E-state index in [9.17, 15) is 4.79 Å². The van der Waals surface area contributed by atoms with E-state index < -0.39 is 0 Å². The van der Waals surface area contributed by atoms with Crippen LogP contribution in [0.15, 0.2) is 52.1 Å². The fraction of sp³-hybridized carbons (Fsp3) is 0.190. The number of aromatic nitrogens is 3. The molecule has 0 fully saturated rings. The standard InChI is InChI=1S/C21H19BrN4OS/c1-4-9-23-19(27)13-28-21-25-24-20(16-5-7-17(22)8-6-16)26(21)18-11-14(2)10-15(3)12-18/h1,5-8,10-12H,9,13H2,2-3H3,(H,23,27). The van der Waals surface area contributed by atoms with E-state index in [0.29, 0.717) is 5.16 Å².